The van der Waals surface area contributed by atoms with E-state index in [-0.39, 0.29) is 31.0 Å². The molecule has 0 aromatic heterocycles. The van der Waals surface area contributed by atoms with Crippen molar-refractivity contribution < 1.29 is 28.2 Å². The molecule has 3 rings (SSSR count). The Balaban J connectivity index is 1.77. The normalized spacial score (nSPS) is 14.8. The third-order valence-electron chi connectivity index (χ3n) is 4.12. The van der Waals surface area contributed by atoms with Gasteiger partial charge in [0.15, 0.2) is 6.61 Å². The quantitative estimate of drug-likeness (QED) is 0.440. The molecule has 0 spiro atoms. The Bertz CT molecular complexity index is 973. The number of esters is 1. The molecule has 1 heterocycles. The molecule has 0 atom stereocenters. The first-order chi connectivity index (χ1) is 14.0. The van der Waals surface area contributed by atoms with E-state index in [1.807, 2.05) is 0 Å². The highest BCUT2D eigenvalue weighted by molar-refractivity contribution is 6.14. The molecule has 1 aliphatic rings. The average Bonchev–Trinajstić information content (AvgIpc) is 2.96. The fourth-order valence-corrected chi connectivity index (χ4v) is 2.74. The topological polar surface area (TPSA) is 84.9 Å². The van der Waals surface area contributed by atoms with E-state index < -0.39 is 23.7 Å². The summed E-state index contributed by atoms with van der Waals surface area (Å²) in [5.41, 5.74) is 0.752. The van der Waals surface area contributed by atoms with Gasteiger partial charge in [-0.25, -0.2) is 14.0 Å². The van der Waals surface area contributed by atoms with Gasteiger partial charge >= 0.3 is 12.0 Å². The van der Waals surface area contributed by atoms with E-state index in [1.165, 1.54) is 24.3 Å². The third-order valence-corrected chi connectivity index (χ3v) is 4.12. The van der Waals surface area contributed by atoms with Gasteiger partial charge in [0.05, 0.1) is 13.2 Å². The van der Waals surface area contributed by atoms with Gasteiger partial charge in [-0.2, -0.15) is 0 Å². The molecule has 2 aromatic carbocycles. The molecule has 0 bridgehead atoms. The Morgan fingerprint density at radius 2 is 1.86 bits per heavy atom. The highest BCUT2D eigenvalue weighted by Crippen LogP contribution is 2.23. The Labute approximate surface area is 166 Å². The zero-order chi connectivity index (χ0) is 20.8. The fourth-order valence-electron chi connectivity index (χ4n) is 2.74. The van der Waals surface area contributed by atoms with Gasteiger partial charge in [0.25, 0.3) is 5.91 Å². The maximum absolute atomic E-state index is 13.9. The molecular formula is C21H19FN2O5. The minimum atomic E-state index is -0.644. The number of halogens is 1. The molecule has 3 amide bonds. The lowest BCUT2D eigenvalue weighted by Gasteiger charge is -2.12. The number of nitrogens with one attached hydrogen (secondary N) is 1. The van der Waals surface area contributed by atoms with Crippen LogP contribution in [0.1, 0.15) is 18.1 Å². The van der Waals surface area contributed by atoms with Crippen LogP contribution in [0.5, 0.6) is 5.75 Å². The van der Waals surface area contributed by atoms with Gasteiger partial charge in [0.2, 0.25) is 0 Å². The molecule has 7 nitrogen and oxygen atoms in total. The number of para-hydroxylation sites is 1. The minimum Gasteiger partial charge on any atom is -0.481 e. The van der Waals surface area contributed by atoms with Gasteiger partial charge in [-0.05, 0) is 25.1 Å². The number of carbonyl (C=O) groups is 3. The average molecular weight is 398 g/mol. The zero-order valence-electron chi connectivity index (χ0n) is 15.7. The van der Waals surface area contributed by atoms with Gasteiger partial charge < -0.3 is 14.8 Å². The van der Waals surface area contributed by atoms with E-state index in [0.29, 0.717) is 11.3 Å². The fraction of sp³-hybridized carbons (Fsp3) is 0.190. The predicted molar refractivity (Wildman–Crippen MR) is 102 cm³/mol. The number of ether oxygens (including phenoxy) is 2. The number of hydrogen-bond donors (Lipinski definition) is 1. The minimum absolute atomic E-state index is 0.0264. The molecule has 1 saturated heterocycles. The maximum atomic E-state index is 13.9. The first-order valence-electron chi connectivity index (χ1n) is 8.95. The van der Waals surface area contributed by atoms with Crippen LogP contribution in [0.25, 0.3) is 6.08 Å². The van der Waals surface area contributed by atoms with Gasteiger partial charge in [-0.3, -0.25) is 9.69 Å². The molecule has 1 fully saturated rings. The first kappa shape index (κ1) is 20.1. The summed E-state index contributed by atoms with van der Waals surface area (Å²) in [7, 11) is 0. The van der Waals surface area contributed by atoms with Crippen molar-refractivity contribution in [3.8, 4) is 5.75 Å². The molecule has 0 unspecified atom stereocenters. The van der Waals surface area contributed by atoms with Crippen LogP contribution in [-0.4, -0.2) is 36.0 Å². The lowest BCUT2D eigenvalue weighted by atomic mass is 10.1. The third kappa shape index (κ3) is 4.78. The van der Waals surface area contributed by atoms with Gasteiger partial charge in [0, 0.05) is 11.1 Å². The summed E-state index contributed by atoms with van der Waals surface area (Å²) in [5, 5.41) is 2.48. The van der Waals surface area contributed by atoms with E-state index in [2.05, 4.69) is 5.32 Å². The number of imide groups is 1. The molecule has 150 valence electrons. The standard InChI is InChI=1S/C21H19FN2O5/c1-2-28-19(25)13-29-18-10-6-4-7-14(18)11-17-20(26)24(21(27)23-17)12-15-8-3-5-9-16(15)22/h3-11H,2,12-13H2,1H3,(H,23,27)/b17-11+. The smallest absolute Gasteiger partial charge is 0.344 e. The summed E-state index contributed by atoms with van der Waals surface area (Å²) < 4.78 is 24.1. The second-order valence-electron chi connectivity index (χ2n) is 6.10. The van der Waals surface area contributed by atoms with Crippen molar-refractivity contribution in [3.63, 3.8) is 0 Å². The molecule has 29 heavy (non-hydrogen) atoms. The molecule has 0 radical (unpaired) electrons. The molecular weight excluding hydrogens is 379 g/mol. The SMILES string of the molecule is CCOC(=O)COc1ccccc1/C=C1/NC(=O)N(Cc2ccccc2F)C1=O. The van der Waals surface area contributed by atoms with E-state index >= 15 is 0 Å². The van der Waals surface area contributed by atoms with Crippen LogP contribution in [0.4, 0.5) is 9.18 Å². The number of carbonyl (C=O) groups excluding carboxylic acids is 3. The van der Waals surface area contributed by atoms with Crippen LogP contribution in [-0.2, 0) is 20.9 Å². The van der Waals surface area contributed by atoms with Gasteiger partial charge in [-0.15, -0.1) is 0 Å². The monoisotopic (exact) mass is 398 g/mol. The van der Waals surface area contributed by atoms with Crippen LogP contribution >= 0.6 is 0 Å². The zero-order valence-corrected chi connectivity index (χ0v) is 15.7. The summed E-state index contributed by atoms with van der Waals surface area (Å²) in [5.74, 6) is -1.25. The van der Waals surface area contributed by atoms with Gasteiger partial charge in [-0.1, -0.05) is 36.4 Å². The Morgan fingerprint density at radius 3 is 2.62 bits per heavy atom. The Hall–Kier alpha value is -3.68. The van der Waals surface area contributed by atoms with E-state index in [0.717, 1.165) is 4.90 Å². The van der Waals surface area contributed by atoms with Crippen LogP contribution in [0, 0.1) is 5.82 Å². The first-order valence-corrected chi connectivity index (χ1v) is 8.95. The van der Waals surface area contributed by atoms with Crippen molar-refractivity contribution in [1.29, 1.82) is 0 Å². The van der Waals surface area contributed by atoms with E-state index in [1.54, 1.807) is 37.3 Å². The number of rotatable bonds is 7. The predicted octanol–water partition coefficient (Wildman–Crippen LogP) is 2.86. The van der Waals surface area contributed by atoms with Crippen LogP contribution < -0.4 is 10.1 Å². The van der Waals surface area contributed by atoms with E-state index in [9.17, 15) is 18.8 Å². The second kappa shape index (κ2) is 9.01. The lowest BCUT2D eigenvalue weighted by molar-refractivity contribution is -0.145. The van der Waals surface area contributed by atoms with Crippen molar-refractivity contribution in [3.05, 3.63) is 71.2 Å². The number of urea groups is 1. The van der Waals surface area contributed by atoms with E-state index in [4.69, 9.17) is 9.47 Å². The molecule has 1 aliphatic heterocycles. The summed E-state index contributed by atoms with van der Waals surface area (Å²) >= 11 is 0. The van der Waals surface area contributed by atoms with Crippen LogP contribution in [0.15, 0.2) is 54.2 Å². The lowest BCUT2D eigenvalue weighted by Crippen LogP contribution is -2.30. The summed E-state index contributed by atoms with van der Waals surface area (Å²) in [6, 6.07) is 12.0. The summed E-state index contributed by atoms with van der Waals surface area (Å²) in [6.45, 7) is 1.47. The van der Waals surface area contributed by atoms with Crippen LogP contribution in [0.2, 0.25) is 0 Å². The molecule has 1 N–H and O–H groups in total. The Kier molecular flexibility index (Phi) is 6.23. The van der Waals surface area contributed by atoms with Crippen molar-refractivity contribution in [2.75, 3.05) is 13.2 Å². The summed E-state index contributed by atoms with van der Waals surface area (Å²) in [6.07, 6.45) is 1.45. The van der Waals surface area contributed by atoms with Crippen molar-refractivity contribution >= 4 is 24.0 Å². The number of hydrogen-bond acceptors (Lipinski definition) is 5. The van der Waals surface area contributed by atoms with Crippen LogP contribution in [0.3, 0.4) is 0 Å². The largest absolute Gasteiger partial charge is 0.481 e. The highest BCUT2D eigenvalue weighted by atomic mass is 19.1. The molecule has 0 aliphatic carbocycles. The van der Waals surface area contributed by atoms with Crippen molar-refractivity contribution in [2.24, 2.45) is 0 Å². The number of amides is 3. The second-order valence-corrected chi connectivity index (χ2v) is 6.10. The van der Waals surface area contributed by atoms with Gasteiger partial charge in [0.1, 0.15) is 17.3 Å². The highest BCUT2D eigenvalue weighted by Gasteiger charge is 2.34. The maximum Gasteiger partial charge on any atom is 0.344 e. The molecule has 8 heteroatoms. The number of benzene rings is 2. The Morgan fingerprint density at radius 1 is 1.14 bits per heavy atom. The van der Waals surface area contributed by atoms with Crippen molar-refractivity contribution in [1.82, 2.24) is 10.2 Å². The molecule has 2 aromatic rings. The molecule has 0 saturated carbocycles. The number of nitrogens with zero attached hydrogens (tertiary/aromatic N) is 1. The summed E-state index contributed by atoms with van der Waals surface area (Å²) in [4.78, 5) is 37.3. The van der Waals surface area contributed by atoms with Crippen molar-refractivity contribution in [2.45, 2.75) is 13.5 Å².